The largest absolute Gasteiger partial charge is 0.481 e. The van der Waals surface area contributed by atoms with Gasteiger partial charge in [0.05, 0.1) is 11.8 Å². The third-order valence-corrected chi connectivity index (χ3v) is 3.29. The smallest absolute Gasteiger partial charge is 0.410 e. The van der Waals surface area contributed by atoms with E-state index in [1.807, 2.05) is 0 Å². The minimum absolute atomic E-state index is 0.0614. The Morgan fingerprint density at radius 2 is 1.48 bits per heavy atom. The van der Waals surface area contributed by atoms with Crippen LogP contribution in [0.4, 0.5) is 4.79 Å². The third kappa shape index (κ3) is 6.08. The first kappa shape index (κ1) is 19.3. The van der Waals surface area contributed by atoms with E-state index in [2.05, 4.69) is 0 Å². The van der Waals surface area contributed by atoms with Crippen molar-refractivity contribution in [1.29, 1.82) is 0 Å². The monoisotopic (exact) mass is 329 g/mol. The van der Waals surface area contributed by atoms with E-state index >= 15 is 0 Å². The van der Waals surface area contributed by atoms with Crippen molar-refractivity contribution in [3.8, 4) is 0 Å². The summed E-state index contributed by atoms with van der Waals surface area (Å²) >= 11 is 0. The van der Waals surface area contributed by atoms with E-state index in [0.717, 1.165) is 0 Å². The van der Waals surface area contributed by atoms with Gasteiger partial charge in [-0.2, -0.15) is 0 Å². The second-order valence-electron chi connectivity index (χ2n) is 7.80. The van der Waals surface area contributed by atoms with E-state index in [9.17, 15) is 19.5 Å². The molecule has 1 rings (SSSR count). The lowest BCUT2D eigenvalue weighted by Gasteiger charge is -2.37. The van der Waals surface area contributed by atoms with E-state index in [4.69, 9.17) is 9.47 Å². The number of esters is 1. The summed E-state index contributed by atoms with van der Waals surface area (Å²) in [4.78, 5) is 37.1. The first-order valence-corrected chi connectivity index (χ1v) is 7.74. The lowest BCUT2D eigenvalue weighted by Crippen LogP contribution is -2.50. The summed E-state index contributed by atoms with van der Waals surface area (Å²) < 4.78 is 10.6. The van der Waals surface area contributed by atoms with Crippen LogP contribution in [-0.2, 0) is 19.1 Å². The molecule has 0 saturated carbocycles. The lowest BCUT2D eigenvalue weighted by atomic mass is 9.85. The van der Waals surface area contributed by atoms with Gasteiger partial charge < -0.3 is 19.5 Å². The van der Waals surface area contributed by atoms with E-state index in [1.165, 1.54) is 4.90 Å². The summed E-state index contributed by atoms with van der Waals surface area (Å²) in [5.41, 5.74) is -1.33. The van der Waals surface area contributed by atoms with Crippen molar-refractivity contribution in [2.24, 2.45) is 11.8 Å². The highest BCUT2D eigenvalue weighted by Crippen LogP contribution is 2.28. The highest BCUT2D eigenvalue weighted by molar-refractivity contribution is 5.82. The Bertz CT molecular complexity index is 474. The van der Waals surface area contributed by atoms with Gasteiger partial charge in [-0.1, -0.05) is 0 Å². The molecule has 0 aromatic rings. The molecule has 1 fully saturated rings. The highest BCUT2D eigenvalue weighted by Gasteiger charge is 2.42. The van der Waals surface area contributed by atoms with Gasteiger partial charge >= 0.3 is 18.0 Å². The number of aliphatic carboxylic acids is 1. The number of amides is 1. The van der Waals surface area contributed by atoms with Gasteiger partial charge in [0.2, 0.25) is 0 Å². The van der Waals surface area contributed by atoms with Crippen LogP contribution < -0.4 is 0 Å². The predicted molar refractivity (Wildman–Crippen MR) is 82.9 cm³/mol. The second-order valence-corrected chi connectivity index (χ2v) is 7.80. The molecule has 1 amide bonds. The summed E-state index contributed by atoms with van der Waals surface area (Å²) in [5, 5.41) is 9.40. The number of carboxylic acids is 1. The maximum absolute atomic E-state index is 12.2. The first-order valence-electron chi connectivity index (χ1n) is 7.74. The molecule has 1 saturated heterocycles. The van der Waals surface area contributed by atoms with Crippen molar-refractivity contribution in [3.05, 3.63) is 0 Å². The van der Waals surface area contributed by atoms with Crippen LogP contribution in [0.15, 0.2) is 0 Å². The molecule has 1 heterocycles. The van der Waals surface area contributed by atoms with Gasteiger partial charge in [-0.05, 0) is 48.0 Å². The molecule has 0 spiro atoms. The minimum Gasteiger partial charge on any atom is -0.481 e. The van der Waals surface area contributed by atoms with Crippen LogP contribution in [0.5, 0.6) is 0 Å². The number of piperidine rings is 1. The van der Waals surface area contributed by atoms with E-state index < -0.39 is 41.1 Å². The Morgan fingerprint density at radius 3 is 1.91 bits per heavy atom. The fraction of sp³-hybridized carbons (Fsp3) is 0.812. The number of carbonyl (C=O) groups excluding carboxylic acids is 2. The van der Waals surface area contributed by atoms with Crippen LogP contribution in [0.1, 0.15) is 48.0 Å². The summed E-state index contributed by atoms with van der Waals surface area (Å²) in [6, 6.07) is 0. The number of rotatable bonds is 2. The zero-order valence-electron chi connectivity index (χ0n) is 14.7. The molecule has 1 aliphatic rings. The molecular weight excluding hydrogens is 302 g/mol. The fourth-order valence-corrected chi connectivity index (χ4v) is 2.35. The maximum Gasteiger partial charge on any atom is 0.410 e. The van der Waals surface area contributed by atoms with Gasteiger partial charge in [-0.15, -0.1) is 0 Å². The van der Waals surface area contributed by atoms with Crippen LogP contribution in [0.25, 0.3) is 0 Å². The molecule has 0 bridgehead atoms. The third-order valence-electron chi connectivity index (χ3n) is 3.29. The normalized spacial score (nSPS) is 22.4. The number of ether oxygens (including phenoxy) is 2. The molecule has 7 heteroatoms. The molecule has 7 nitrogen and oxygen atoms in total. The Kier molecular flexibility index (Phi) is 5.66. The number of hydrogen-bond donors (Lipinski definition) is 1. The van der Waals surface area contributed by atoms with Crippen molar-refractivity contribution in [1.82, 2.24) is 4.90 Å². The van der Waals surface area contributed by atoms with Gasteiger partial charge in [0.15, 0.2) is 0 Å². The Labute approximate surface area is 136 Å². The number of carbonyl (C=O) groups is 3. The molecule has 0 aromatic heterocycles. The quantitative estimate of drug-likeness (QED) is 0.781. The zero-order chi connectivity index (χ0) is 18.0. The molecule has 132 valence electrons. The maximum atomic E-state index is 12.2. The van der Waals surface area contributed by atoms with Crippen molar-refractivity contribution in [3.63, 3.8) is 0 Å². The molecular formula is C16H27NO6. The van der Waals surface area contributed by atoms with E-state index in [0.29, 0.717) is 0 Å². The molecule has 0 aliphatic carbocycles. The molecule has 2 atom stereocenters. The van der Waals surface area contributed by atoms with Gasteiger partial charge in [-0.25, -0.2) is 4.79 Å². The molecule has 0 radical (unpaired) electrons. The minimum atomic E-state index is -1.12. The Hall–Kier alpha value is -1.79. The Morgan fingerprint density at radius 1 is 0.957 bits per heavy atom. The number of likely N-dealkylation sites (tertiary alicyclic amines) is 1. The van der Waals surface area contributed by atoms with Gasteiger partial charge in [-0.3, -0.25) is 9.59 Å². The second kappa shape index (κ2) is 6.76. The first-order chi connectivity index (χ1) is 10.3. The fourth-order valence-electron chi connectivity index (χ4n) is 2.35. The van der Waals surface area contributed by atoms with Gasteiger partial charge in [0.25, 0.3) is 0 Å². The standard InChI is InChI=1S/C16H27NO6/c1-15(2,3)22-13(20)10-7-8-17(9-11(10)12(18)19)14(21)23-16(4,5)6/h10-11H,7-9H2,1-6H3,(H,18,19)/t10-,11-/m0/s1. The molecule has 23 heavy (non-hydrogen) atoms. The van der Waals surface area contributed by atoms with Crippen LogP contribution in [0.3, 0.4) is 0 Å². The highest BCUT2D eigenvalue weighted by atomic mass is 16.6. The van der Waals surface area contributed by atoms with Gasteiger partial charge in [0, 0.05) is 13.1 Å². The molecule has 0 unspecified atom stereocenters. The topological polar surface area (TPSA) is 93.1 Å². The summed E-state index contributed by atoms with van der Waals surface area (Å²) in [6.07, 6.45) is -0.322. The van der Waals surface area contributed by atoms with Gasteiger partial charge in [0.1, 0.15) is 11.2 Å². The zero-order valence-corrected chi connectivity index (χ0v) is 14.7. The van der Waals surface area contributed by atoms with E-state index in [-0.39, 0.29) is 19.5 Å². The molecule has 1 aliphatic heterocycles. The van der Waals surface area contributed by atoms with Crippen LogP contribution >= 0.6 is 0 Å². The predicted octanol–water partition coefficient (Wildman–Crippen LogP) is 2.29. The average molecular weight is 329 g/mol. The van der Waals surface area contributed by atoms with Crippen molar-refractivity contribution in [2.75, 3.05) is 13.1 Å². The summed E-state index contributed by atoms with van der Waals surface area (Å²) in [6.45, 7) is 10.6. The number of carboxylic acid groups (broad SMARTS) is 1. The number of nitrogens with zero attached hydrogens (tertiary/aromatic N) is 1. The van der Waals surface area contributed by atoms with Crippen molar-refractivity contribution in [2.45, 2.75) is 59.2 Å². The van der Waals surface area contributed by atoms with Crippen LogP contribution in [0, 0.1) is 11.8 Å². The lowest BCUT2D eigenvalue weighted by molar-refractivity contribution is -0.169. The number of hydrogen-bond acceptors (Lipinski definition) is 5. The summed E-state index contributed by atoms with van der Waals surface area (Å²) in [5.74, 6) is -3.40. The average Bonchev–Trinajstić information content (AvgIpc) is 2.33. The molecule has 0 aromatic carbocycles. The van der Waals surface area contributed by atoms with Crippen LogP contribution in [-0.4, -0.2) is 52.3 Å². The SMILES string of the molecule is CC(C)(C)OC(=O)[C@H]1CCN(C(=O)OC(C)(C)C)C[C@@H]1C(=O)O. The summed E-state index contributed by atoms with van der Waals surface area (Å²) in [7, 11) is 0. The van der Waals surface area contributed by atoms with E-state index in [1.54, 1.807) is 41.5 Å². The molecule has 1 N–H and O–H groups in total. The van der Waals surface area contributed by atoms with Crippen LogP contribution in [0.2, 0.25) is 0 Å². The van der Waals surface area contributed by atoms with Crippen molar-refractivity contribution < 1.29 is 29.0 Å². The van der Waals surface area contributed by atoms with Crippen molar-refractivity contribution >= 4 is 18.0 Å². The Balaban J connectivity index is 2.80.